The summed E-state index contributed by atoms with van der Waals surface area (Å²) < 4.78 is 0. The van der Waals surface area contributed by atoms with E-state index in [-0.39, 0.29) is 0 Å². The normalized spacial score (nSPS) is 17.7. The summed E-state index contributed by atoms with van der Waals surface area (Å²) in [5.41, 5.74) is 1.23. The van der Waals surface area contributed by atoms with Crippen LogP contribution in [0, 0.1) is 0 Å². The lowest BCUT2D eigenvalue weighted by molar-refractivity contribution is -0.0832. The van der Waals surface area contributed by atoms with E-state index in [9.17, 15) is 15.3 Å². The van der Waals surface area contributed by atoms with Crippen LogP contribution >= 0.6 is 23.2 Å². The average molecular weight is 335 g/mol. The summed E-state index contributed by atoms with van der Waals surface area (Å²) >= 11 is 11.8. The number of fused-ring (bicyclic) bond motifs is 1. The molecule has 0 aliphatic rings. The molecule has 0 saturated heterocycles. The first-order valence-corrected chi connectivity index (χ1v) is 7.10. The van der Waals surface area contributed by atoms with Crippen LogP contribution in [-0.4, -0.2) is 55.3 Å². The Morgan fingerprint density at radius 2 is 1.76 bits per heavy atom. The third-order valence-corrected chi connectivity index (χ3v) is 4.14. The number of rotatable bonds is 5. The molecule has 0 fully saturated rings. The molecule has 8 heteroatoms. The molecule has 0 spiro atoms. The van der Waals surface area contributed by atoms with Crippen molar-refractivity contribution in [3.63, 3.8) is 0 Å². The SMILES string of the molecule is CC(c1nc2cc(Cl)c(Cl)cc2[nH]1)[C@@H](O)[C@H](O)C(O)CO. The molecule has 0 saturated carbocycles. The van der Waals surface area contributed by atoms with Gasteiger partial charge in [-0.15, -0.1) is 0 Å². The summed E-state index contributed by atoms with van der Waals surface area (Å²) in [5.74, 6) is -0.175. The molecule has 2 unspecified atom stereocenters. The minimum absolute atomic E-state index is 0.367. The second-order valence-electron chi connectivity index (χ2n) is 4.93. The maximum atomic E-state index is 10.0. The summed E-state index contributed by atoms with van der Waals surface area (Å²) in [4.78, 5) is 7.28. The second kappa shape index (κ2) is 6.48. The highest BCUT2D eigenvalue weighted by atomic mass is 35.5. The van der Waals surface area contributed by atoms with E-state index in [0.717, 1.165) is 0 Å². The van der Waals surface area contributed by atoms with Crippen molar-refractivity contribution in [1.82, 2.24) is 9.97 Å². The van der Waals surface area contributed by atoms with Crippen LogP contribution in [0.4, 0.5) is 0 Å². The Kier molecular flexibility index (Phi) is 5.08. The van der Waals surface area contributed by atoms with Crippen molar-refractivity contribution < 1.29 is 20.4 Å². The van der Waals surface area contributed by atoms with E-state index < -0.39 is 30.8 Å². The number of nitrogens with one attached hydrogen (secondary N) is 1. The number of nitrogens with zero attached hydrogens (tertiary/aromatic N) is 1. The van der Waals surface area contributed by atoms with Gasteiger partial charge in [-0.25, -0.2) is 4.98 Å². The van der Waals surface area contributed by atoms with Gasteiger partial charge < -0.3 is 25.4 Å². The predicted molar refractivity (Wildman–Crippen MR) is 79.6 cm³/mol. The number of halogens is 2. The Balaban J connectivity index is 2.28. The van der Waals surface area contributed by atoms with Gasteiger partial charge in [0.2, 0.25) is 0 Å². The number of aliphatic hydroxyl groups excluding tert-OH is 4. The first-order chi connectivity index (χ1) is 9.85. The summed E-state index contributed by atoms with van der Waals surface area (Å²) in [6.45, 7) is 0.995. The van der Waals surface area contributed by atoms with Crippen molar-refractivity contribution in [2.45, 2.75) is 31.2 Å². The number of aromatic nitrogens is 2. The zero-order valence-corrected chi connectivity index (χ0v) is 12.7. The number of benzene rings is 1. The molecule has 0 radical (unpaired) electrons. The smallest absolute Gasteiger partial charge is 0.112 e. The van der Waals surface area contributed by atoms with E-state index in [1.807, 2.05) is 0 Å². The van der Waals surface area contributed by atoms with Crippen molar-refractivity contribution in [2.24, 2.45) is 0 Å². The first kappa shape index (κ1) is 16.5. The van der Waals surface area contributed by atoms with Crippen LogP contribution in [0.1, 0.15) is 18.7 Å². The standard InChI is InChI=1S/C13H16Cl2N2O4/c1-5(11(20)12(21)10(19)4-18)13-16-8-2-6(14)7(15)3-9(8)17-13/h2-3,5,10-12,18-21H,4H2,1H3,(H,16,17)/t5?,10?,11-,12-/m1/s1. The molecule has 0 bridgehead atoms. The summed E-state index contributed by atoms with van der Waals surface area (Å²) in [6, 6.07) is 3.21. The van der Waals surface area contributed by atoms with Crippen LogP contribution in [0.3, 0.4) is 0 Å². The van der Waals surface area contributed by atoms with Crippen molar-refractivity contribution in [3.05, 3.63) is 28.0 Å². The van der Waals surface area contributed by atoms with Gasteiger partial charge in [-0.2, -0.15) is 0 Å². The molecule has 1 aromatic carbocycles. The van der Waals surface area contributed by atoms with Crippen molar-refractivity contribution in [1.29, 1.82) is 0 Å². The summed E-state index contributed by atoms with van der Waals surface area (Å²) in [6.07, 6.45) is -4.19. The molecular weight excluding hydrogens is 319 g/mol. The molecule has 5 N–H and O–H groups in total. The first-order valence-electron chi connectivity index (χ1n) is 6.34. The van der Waals surface area contributed by atoms with Crippen molar-refractivity contribution in [2.75, 3.05) is 6.61 Å². The minimum atomic E-state index is -1.48. The molecule has 0 aliphatic carbocycles. The molecule has 2 aromatic rings. The van der Waals surface area contributed by atoms with E-state index in [4.69, 9.17) is 28.3 Å². The quantitative estimate of drug-likeness (QED) is 0.561. The zero-order valence-electron chi connectivity index (χ0n) is 11.2. The molecule has 4 atom stereocenters. The van der Waals surface area contributed by atoms with Crippen molar-refractivity contribution in [3.8, 4) is 0 Å². The molecule has 2 rings (SSSR count). The van der Waals surface area contributed by atoms with Gasteiger partial charge in [0, 0.05) is 5.92 Å². The van der Waals surface area contributed by atoms with Crippen LogP contribution in [0.25, 0.3) is 11.0 Å². The van der Waals surface area contributed by atoms with Gasteiger partial charge in [0.1, 0.15) is 18.0 Å². The Hall–Kier alpha value is -0.890. The van der Waals surface area contributed by atoms with Crippen LogP contribution in [-0.2, 0) is 0 Å². The van der Waals surface area contributed by atoms with Gasteiger partial charge in [0.05, 0.1) is 33.8 Å². The Bertz CT molecular complexity index is 595. The molecule has 116 valence electrons. The minimum Gasteiger partial charge on any atom is -0.394 e. The lowest BCUT2D eigenvalue weighted by atomic mass is 9.96. The number of H-pyrrole nitrogens is 1. The Morgan fingerprint density at radius 3 is 2.38 bits per heavy atom. The number of hydrogen-bond donors (Lipinski definition) is 5. The highest BCUT2D eigenvalue weighted by Crippen LogP contribution is 2.29. The van der Waals surface area contributed by atoms with Gasteiger partial charge in [-0.3, -0.25) is 0 Å². The molecule has 0 aliphatic heterocycles. The second-order valence-corrected chi connectivity index (χ2v) is 5.74. The zero-order chi connectivity index (χ0) is 15.7. The highest BCUT2D eigenvalue weighted by molar-refractivity contribution is 6.42. The van der Waals surface area contributed by atoms with Crippen LogP contribution in [0.2, 0.25) is 10.0 Å². The molecular formula is C13H16Cl2N2O4. The topological polar surface area (TPSA) is 110 Å². The molecule has 0 amide bonds. The number of imidazole rings is 1. The van der Waals surface area contributed by atoms with Gasteiger partial charge in [-0.05, 0) is 12.1 Å². The largest absolute Gasteiger partial charge is 0.394 e. The third kappa shape index (κ3) is 3.31. The van der Waals surface area contributed by atoms with Gasteiger partial charge >= 0.3 is 0 Å². The monoisotopic (exact) mass is 334 g/mol. The fourth-order valence-corrected chi connectivity index (χ4v) is 2.35. The molecule has 1 heterocycles. The third-order valence-electron chi connectivity index (χ3n) is 3.42. The van der Waals surface area contributed by atoms with E-state index in [1.54, 1.807) is 19.1 Å². The fraction of sp³-hybridized carbons (Fsp3) is 0.462. The highest BCUT2D eigenvalue weighted by Gasteiger charge is 2.31. The van der Waals surface area contributed by atoms with E-state index in [2.05, 4.69) is 9.97 Å². The molecule has 6 nitrogen and oxygen atoms in total. The van der Waals surface area contributed by atoms with Crippen LogP contribution in [0.15, 0.2) is 12.1 Å². The lowest BCUT2D eigenvalue weighted by Crippen LogP contribution is -2.42. The lowest BCUT2D eigenvalue weighted by Gasteiger charge is -2.25. The molecule has 21 heavy (non-hydrogen) atoms. The average Bonchev–Trinajstić information content (AvgIpc) is 2.87. The van der Waals surface area contributed by atoms with Crippen LogP contribution in [0.5, 0.6) is 0 Å². The summed E-state index contributed by atoms with van der Waals surface area (Å²) in [5, 5.41) is 38.7. The van der Waals surface area contributed by atoms with Gasteiger partial charge in [-0.1, -0.05) is 30.1 Å². The maximum absolute atomic E-state index is 10.0. The Morgan fingerprint density at radius 1 is 1.14 bits per heavy atom. The van der Waals surface area contributed by atoms with E-state index in [0.29, 0.717) is 26.9 Å². The van der Waals surface area contributed by atoms with Gasteiger partial charge in [0.15, 0.2) is 0 Å². The molecule has 1 aromatic heterocycles. The Labute approximate surface area is 131 Å². The van der Waals surface area contributed by atoms with E-state index >= 15 is 0 Å². The van der Waals surface area contributed by atoms with Crippen molar-refractivity contribution >= 4 is 34.2 Å². The van der Waals surface area contributed by atoms with Crippen LogP contribution < -0.4 is 0 Å². The fourth-order valence-electron chi connectivity index (χ4n) is 2.03. The van der Waals surface area contributed by atoms with E-state index in [1.165, 1.54) is 0 Å². The number of hydrogen-bond acceptors (Lipinski definition) is 5. The maximum Gasteiger partial charge on any atom is 0.112 e. The summed E-state index contributed by atoms with van der Waals surface area (Å²) in [7, 11) is 0. The number of aromatic amines is 1. The predicted octanol–water partition coefficient (Wildman–Crippen LogP) is 1.05. The number of aliphatic hydroxyl groups is 4. The van der Waals surface area contributed by atoms with Gasteiger partial charge in [0.25, 0.3) is 0 Å².